The highest BCUT2D eigenvalue weighted by atomic mass is 16.5. The number of anilines is 2. The molecule has 0 atom stereocenters. The van der Waals surface area contributed by atoms with E-state index in [-0.39, 0.29) is 11.8 Å². The molecule has 1 aromatic carbocycles. The topological polar surface area (TPSA) is 80.2 Å². The quantitative estimate of drug-likeness (QED) is 0.720. The highest BCUT2D eigenvalue weighted by Crippen LogP contribution is 2.25. The Morgan fingerprint density at radius 3 is 2.45 bits per heavy atom. The molecule has 0 saturated carbocycles. The van der Waals surface area contributed by atoms with Gasteiger partial charge < -0.3 is 15.0 Å². The average molecular weight is 389 g/mol. The van der Waals surface area contributed by atoms with Gasteiger partial charge in [-0.3, -0.25) is 4.79 Å². The summed E-state index contributed by atoms with van der Waals surface area (Å²) in [5, 5.41) is 11.7. The standard InChI is InChI=1S/C22H23N5O2/c1-29-18-7-5-16(6-8-18)19-9-10-21(26-25-19)27-14-11-17(12-15-27)22(28)24-20-4-2-3-13-23-20/h2-10,13,17H,11-12,14-15H2,1H3,(H,23,24,28). The number of methoxy groups -OCH3 is 1. The van der Waals surface area contributed by atoms with Crippen molar-refractivity contribution in [2.24, 2.45) is 5.92 Å². The summed E-state index contributed by atoms with van der Waals surface area (Å²) in [6, 6.07) is 17.2. The molecule has 1 amide bonds. The maximum Gasteiger partial charge on any atom is 0.228 e. The third-order valence-corrected chi connectivity index (χ3v) is 5.14. The van der Waals surface area contributed by atoms with Gasteiger partial charge in [0.1, 0.15) is 11.6 Å². The van der Waals surface area contributed by atoms with Crippen LogP contribution in [-0.2, 0) is 4.79 Å². The predicted molar refractivity (Wildman–Crippen MR) is 112 cm³/mol. The highest BCUT2D eigenvalue weighted by Gasteiger charge is 2.26. The second kappa shape index (κ2) is 8.68. The second-order valence-electron chi connectivity index (χ2n) is 6.97. The molecule has 148 valence electrons. The van der Waals surface area contributed by atoms with E-state index in [4.69, 9.17) is 4.74 Å². The zero-order valence-electron chi connectivity index (χ0n) is 16.3. The van der Waals surface area contributed by atoms with E-state index in [2.05, 4.69) is 25.4 Å². The molecule has 1 aliphatic rings. The average Bonchev–Trinajstić information content (AvgIpc) is 2.80. The largest absolute Gasteiger partial charge is 0.497 e. The highest BCUT2D eigenvalue weighted by molar-refractivity contribution is 5.91. The Bertz CT molecular complexity index is 937. The predicted octanol–water partition coefficient (Wildman–Crippen LogP) is 3.40. The summed E-state index contributed by atoms with van der Waals surface area (Å²) in [7, 11) is 1.65. The summed E-state index contributed by atoms with van der Waals surface area (Å²) in [6.45, 7) is 1.55. The molecule has 3 aromatic rings. The molecule has 0 radical (unpaired) electrons. The van der Waals surface area contributed by atoms with E-state index >= 15 is 0 Å². The van der Waals surface area contributed by atoms with Gasteiger partial charge in [-0.1, -0.05) is 6.07 Å². The second-order valence-corrected chi connectivity index (χ2v) is 6.97. The molecule has 1 saturated heterocycles. The molecular weight excluding hydrogens is 366 g/mol. The van der Waals surface area contributed by atoms with Gasteiger partial charge in [0.15, 0.2) is 5.82 Å². The first-order valence-corrected chi connectivity index (χ1v) is 9.68. The van der Waals surface area contributed by atoms with Gasteiger partial charge >= 0.3 is 0 Å². The summed E-state index contributed by atoms with van der Waals surface area (Å²) in [5.41, 5.74) is 1.82. The molecule has 0 aliphatic carbocycles. The maximum absolute atomic E-state index is 12.5. The molecule has 3 heterocycles. The minimum atomic E-state index is -0.0141. The lowest BCUT2D eigenvalue weighted by atomic mass is 9.96. The summed E-state index contributed by atoms with van der Waals surface area (Å²) >= 11 is 0. The van der Waals surface area contributed by atoms with Gasteiger partial charge in [-0.15, -0.1) is 10.2 Å². The van der Waals surface area contributed by atoms with Crippen LogP contribution in [0.15, 0.2) is 60.8 Å². The Labute approximate surface area is 169 Å². The van der Waals surface area contributed by atoms with E-state index in [1.807, 2.05) is 48.5 Å². The van der Waals surface area contributed by atoms with Crippen molar-refractivity contribution in [2.75, 3.05) is 30.4 Å². The number of rotatable bonds is 5. The number of hydrogen-bond donors (Lipinski definition) is 1. The monoisotopic (exact) mass is 389 g/mol. The molecule has 0 bridgehead atoms. The first kappa shape index (κ1) is 18.9. The Balaban J connectivity index is 1.34. The number of pyridine rings is 1. The molecule has 2 aromatic heterocycles. The van der Waals surface area contributed by atoms with Gasteiger partial charge in [0.05, 0.1) is 12.8 Å². The summed E-state index contributed by atoms with van der Waals surface area (Å²) < 4.78 is 5.19. The molecule has 7 heteroatoms. The van der Waals surface area contributed by atoms with Crippen LogP contribution < -0.4 is 15.0 Å². The smallest absolute Gasteiger partial charge is 0.228 e. The number of amides is 1. The molecule has 1 fully saturated rings. The van der Waals surface area contributed by atoms with Gasteiger partial charge in [0.2, 0.25) is 5.91 Å². The summed E-state index contributed by atoms with van der Waals surface area (Å²) in [4.78, 5) is 18.8. The first-order chi connectivity index (χ1) is 14.2. The van der Waals surface area contributed by atoms with Crippen molar-refractivity contribution in [2.45, 2.75) is 12.8 Å². The van der Waals surface area contributed by atoms with Crippen LogP contribution in [0.3, 0.4) is 0 Å². The number of aromatic nitrogens is 3. The number of nitrogens with zero attached hydrogens (tertiary/aromatic N) is 4. The lowest BCUT2D eigenvalue weighted by Crippen LogP contribution is -2.38. The fraction of sp³-hybridized carbons (Fsp3) is 0.273. The fourth-order valence-electron chi connectivity index (χ4n) is 3.45. The van der Waals surface area contributed by atoms with E-state index in [9.17, 15) is 4.79 Å². The maximum atomic E-state index is 12.5. The van der Waals surface area contributed by atoms with E-state index in [0.717, 1.165) is 48.8 Å². The number of benzene rings is 1. The number of ether oxygens (including phenoxy) is 1. The third-order valence-electron chi connectivity index (χ3n) is 5.14. The normalized spacial score (nSPS) is 14.4. The van der Waals surface area contributed by atoms with Crippen LogP contribution in [0.4, 0.5) is 11.6 Å². The SMILES string of the molecule is COc1ccc(-c2ccc(N3CCC(C(=O)Nc4ccccn4)CC3)nn2)cc1. The molecule has 7 nitrogen and oxygen atoms in total. The first-order valence-electron chi connectivity index (χ1n) is 9.68. The number of carbonyl (C=O) groups excluding carboxylic acids is 1. The van der Waals surface area contributed by atoms with Gasteiger partial charge in [0, 0.05) is 30.8 Å². The van der Waals surface area contributed by atoms with Crippen LogP contribution in [0.2, 0.25) is 0 Å². The Morgan fingerprint density at radius 2 is 1.83 bits per heavy atom. The lowest BCUT2D eigenvalue weighted by molar-refractivity contribution is -0.120. The molecule has 4 rings (SSSR count). The molecule has 1 N–H and O–H groups in total. The van der Waals surface area contributed by atoms with Crippen molar-refractivity contribution in [1.82, 2.24) is 15.2 Å². The Kier molecular flexibility index (Phi) is 5.65. The van der Waals surface area contributed by atoms with Crippen LogP contribution >= 0.6 is 0 Å². The zero-order valence-corrected chi connectivity index (χ0v) is 16.3. The third kappa shape index (κ3) is 4.51. The van der Waals surface area contributed by atoms with Crippen molar-refractivity contribution >= 4 is 17.5 Å². The van der Waals surface area contributed by atoms with Crippen molar-refractivity contribution < 1.29 is 9.53 Å². The number of hydrogen-bond acceptors (Lipinski definition) is 6. The van der Waals surface area contributed by atoms with Crippen molar-refractivity contribution in [3.8, 4) is 17.0 Å². The minimum Gasteiger partial charge on any atom is -0.497 e. The van der Waals surface area contributed by atoms with Gasteiger partial charge in [-0.2, -0.15) is 0 Å². The van der Waals surface area contributed by atoms with Crippen LogP contribution in [0.1, 0.15) is 12.8 Å². The molecule has 0 spiro atoms. The van der Waals surface area contributed by atoms with Gasteiger partial charge in [0.25, 0.3) is 0 Å². The van der Waals surface area contributed by atoms with Crippen molar-refractivity contribution in [1.29, 1.82) is 0 Å². The van der Waals surface area contributed by atoms with Crippen LogP contribution in [0.25, 0.3) is 11.3 Å². The van der Waals surface area contributed by atoms with Crippen molar-refractivity contribution in [3.63, 3.8) is 0 Å². The molecule has 29 heavy (non-hydrogen) atoms. The summed E-state index contributed by atoms with van der Waals surface area (Å²) in [5.74, 6) is 2.27. The Hall–Kier alpha value is -3.48. The van der Waals surface area contributed by atoms with Crippen LogP contribution in [-0.4, -0.2) is 41.3 Å². The van der Waals surface area contributed by atoms with E-state index in [1.165, 1.54) is 0 Å². The van der Waals surface area contributed by atoms with Crippen molar-refractivity contribution in [3.05, 3.63) is 60.8 Å². The molecule has 1 aliphatic heterocycles. The van der Waals surface area contributed by atoms with E-state index in [0.29, 0.717) is 5.82 Å². The summed E-state index contributed by atoms with van der Waals surface area (Å²) in [6.07, 6.45) is 3.23. The van der Waals surface area contributed by atoms with E-state index in [1.54, 1.807) is 19.4 Å². The van der Waals surface area contributed by atoms with Crippen LogP contribution in [0, 0.1) is 5.92 Å². The lowest BCUT2D eigenvalue weighted by Gasteiger charge is -2.31. The number of carbonyl (C=O) groups is 1. The zero-order chi connectivity index (χ0) is 20.1. The number of nitrogens with one attached hydrogen (secondary N) is 1. The van der Waals surface area contributed by atoms with Crippen LogP contribution in [0.5, 0.6) is 5.75 Å². The Morgan fingerprint density at radius 1 is 1.03 bits per heavy atom. The van der Waals surface area contributed by atoms with Gasteiger partial charge in [-0.05, 0) is 61.4 Å². The molecule has 0 unspecified atom stereocenters. The minimum absolute atomic E-state index is 0.0141. The molecular formula is C22H23N5O2. The van der Waals surface area contributed by atoms with Gasteiger partial charge in [-0.25, -0.2) is 4.98 Å². The van der Waals surface area contributed by atoms with E-state index < -0.39 is 0 Å². The fourth-order valence-corrected chi connectivity index (χ4v) is 3.45. The number of piperidine rings is 1.